The Balaban J connectivity index is 2.23. The summed E-state index contributed by atoms with van der Waals surface area (Å²) in [6.07, 6.45) is -0.126. The molecule has 2 unspecified atom stereocenters. The van der Waals surface area contributed by atoms with Gasteiger partial charge in [0.25, 0.3) is 0 Å². The van der Waals surface area contributed by atoms with E-state index >= 15 is 0 Å². The van der Waals surface area contributed by atoms with Gasteiger partial charge in [-0.2, -0.15) is 0 Å². The third-order valence-corrected chi connectivity index (χ3v) is 3.39. The second kappa shape index (κ2) is 6.41. The van der Waals surface area contributed by atoms with Crippen molar-refractivity contribution < 1.29 is 13.5 Å². The lowest BCUT2D eigenvalue weighted by molar-refractivity contribution is -0.0395. The van der Waals surface area contributed by atoms with Gasteiger partial charge >= 0.3 is 0 Å². The molecule has 2 rings (SSSR count). The van der Waals surface area contributed by atoms with Crippen molar-refractivity contribution >= 4 is 0 Å². The van der Waals surface area contributed by atoms with Crippen LogP contribution in [0.2, 0.25) is 0 Å². The molecule has 1 heterocycles. The van der Waals surface area contributed by atoms with Crippen molar-refractivity contribution in [2.45, 2.75) is 19.1 Å². The summed E-state index contributed by atoms with van der Waals surface area (Å²) in [6, 6.07) is 3.45. The lowest BCUT2D eigenvalue weighted by atomic mass is 9.99. The quantitative estimate of drug-likeness (QED) is 0.905. The number of morpholine rings is 1. The van der Waals surface area contributed by atoms with Crippen molar-refractivity contribution in [1.29, 1.82) is 0 Å². The first-order valence-corrected chi connectivity index (χ1v) is 6.60. The standard InChI is InChI=1S/C14H20F2N2O/c1-3-17-14(13-9-18(2)6-7-19-13)11-5-4-10(15)8-12(11)16/h4-5,8,13-14,17H,3,6-7,9H2,1-2H3. The summed E-state index contributed by atoms with van der Waals surface area (Å²) in [7, 11) is 2.01. The minimum Gasteiger partial charge on any atom is -0.374 e. The Bertz CT molecular complexity index is 428. The molecule has 0 saturated carbocycles. The molecule has 1 fully saturated rings. The number of ether oxygens (including phenoxy) is 1. The van der Waals surface area contributed by atoms with E-state index in [0.29, 0.717) is 18.7 Å². The summed E-state index contributed by atoms with van der Waals surface area (Å²) in [5, 5.41) is 3.24. The van der Waals surface area contributed by atoms with Gasteiger partial charge in [-0.3, -0.25) is 0 Å². The van der Waals surface area contributed by atoms with Crippen LogP contribution in [0, 0.1) is 11.6 Å². The Hall–Kier alpha value is -1.04. The van der Waals surface area contributed by atoms with E-state index in [1.165, 1.54) is 12.1 Å². The topological polar surface area (TPSA) is 24.5 Å². The number of benzene rings is 1. The van der Waals surface area contributed by atoms with Crippen molar-refractivity contribution in [3.8, 4) is 0 Å². The first-order valence-electron chi connectivity index (χ1n) is 6.60. The van der Waals surface area contributed by atoms with E-state index in [2.05, 4.69) is 10.2 Å². The molecule has 0 spiro atoms. The summed E-state index contributed by atoms with van der Waals surface area (Å²) < 4.78 is 32.7. The summed E-state index contributed by atoms with van der Waals surface area (Å²) >= 11 is 0. The lowest BCUT2D eigenvalue weighted by Crippen LogP contribution is -2.47. The van der Waals surface area contributed by atoms with Crippen LogP contribution in [0.4, 0.5) is 8.78 Å². The van der Waals surface area contributed by atoms with Gasteiger partial charge in [-0.25, -0.2) is 8.78 Å². The van der Waals surface area contributed by atoms with Gasteiger partial charge in [-0.15, -0.1) is 0 Å². The Labute approximate surface area is 112 Å². The normalized spacial score (nSPS) is 22.4. The SMILES string of the molecule is CCNC(c1ccc(F)cc1F)C1CN(C)CCO1. The molecule has 0 aliphatic carbocycles. The maximum Gasteiger partial charge on any atom is 0.130 e. The van der Waals surface area contributed by atoms with Crippen LogP contribution in [0.3, 0.4) is 0 Å². The first kappa shape index (κ1) is 14.4. The zero-order valence-electron chi connectivity index (χ0n) is 11.3. The van der Waals surface area contributed by atoms with Crippen molar-refractivity contribution in [2.24, 2.45) is 0 Å². The molecule has 0 amide bonds. The van der Waals surface area contributed by atoms with Gasteiger partial charge < -0.3 is 15.0 Å². The number of hydrogen-bond acceptors (Lipinski definition) is 3. The summed E-state index contributed by atoms with van der Waals surface area (Å²) in [5.41, 5.74) is 0.462. The largest absolute Gasteiger partial charge is 0.374 e. The Kier molecular flexibility index (Phi) is 4.85. The molecule has 2 atom stereocenters. The molecule has 106 valence electrons. The van der Waals surface area contributed by atoms with E-state index in [9.17, 15) is 8.78 Å². The van der Waals surface area contributed by atoms with Crippen LogP contribution in [0.1, 0.15) is 18.5 Å². The molecule has 0 bridgehead atoms. The molecule has 3 nitrogen and oxygen atoms in total. The van der Waals surface area contributed by atoms with Crippen molar-refractivity contribution in [1.82, 2.24) is 10.2 Å². The van der Waals surface area contributed by atoms with Gasteiger partial charge in [0.15, 0.2) is 0 Å². The second-order valence-corrected chi connectivity index (χ2v) is 4.87. The van der Waals surface area contributed by atoms with Crippen molar-refractivity contribution in [3.63, 3.8) is 0 Å². The third-order valence-electron chi connectivity index (χ3n) is 3.39. The number of hydrogen-bond donors (Lipinski definition) is 1. The highest BCUT2D eigenvalue weighted by Gasteiger charge is 2.29. The Morgan fingerprint density at radius 1 is 1.47 bits per heavy atom. The second-order valence-electron chi connectivity index (χ2n) is 4.87. The highest BCUT2D eigenvalue weighted by Crippen LogP contribution is 2.25. The van der Waals surface area contributed by atoms with Gasteiger partial charge in [0.2, 0.25) is 0 Å². The molecule has 0 aromatic heterocycles. The van der Waals surface area contributed by atoms with E-state index in [0.717, 1.165) is 19.2 Å². The van der Waals surface area contributed by atoms with Crippen LogP contribution >= 0.6 is 0 Å². The maximum atomic E-state index is 13.9. The predicted octanol–water partition coefficient (Wildman–Crippen LogP) is 1.95. The fraction of sp³-hybridized carbons (Fsp3) is 0.571. The lowest BCUT2D eigenvalue weighted by Gasteiger charge is -2.35. The highest BCUT2D eigenvalue weighted by molar-refractivity contribution is 5.23. The molecule has 1 aromatic rings. The van der Waals surface area contributed by atoms with Gasteiger partial charge in [0, 0.05) is 24.7 Å². The number of nitrogens with one attached hydrogen (secondary N) is 1. The average Bonchev–Trinajstić information content (AvgIpc) is 2.37. The van der Waals surface area contributed by atoms with Crippen molar-refractivity contribution in [3.05, 3.63) is 35.4 Å². The minimum absolute atomic E-state index is 0.126. The monoisotopic (exact) mass is 270 g/mol. The zero-order valence-corrected chi connectivity index (χ0v) is 11.3. The molecule has 5 heteroatoms. The predicted molar refractivity (Wildman–Crippen MR) is 70.0 cm³/mol. The molecule has 0 radical (unpaired) electrons. The smallest absolute Gasteiger partial charge is 0.130 e. The van der Waals surface area contributed by atoms with E-state index in [4.69, 9.17) is 4.74 Å². The van der Waals surface area contributed by atoms with Gasteiger partial charge in [-0.1, -0.05) is 13.0 Å². The molecule has 1 N–H and O–H groups in total. The number of nitrogens with zero attached hydrogens (tertiary/aromatic N) is 1. The third kappa shape index (κ3) is 3.49. The molecular weight excluding hydrogens is 250 g/mol. The summed E-state index contributed by atoms with van der Waals surface area (Å²) in [4.78, 5) is 2.15. The van der Waals surface area contributed by atoms with E-state index in [1.54, 1.807) is 0 Å². The molecule has 19 heavy (non-hydrogen) atoms. The summed E-state index contributed by atoms with van der Waals surface area (Å²) in [5.74, 6) is -1.08. The van der Waals surface area contributed by atoms with Gasteiger partial charge in [0.1, 0.15) is 11.6 Å². The summed E-state index contributed by atoms with van der Waals surface area (Å²) in [6.45, 7) is 4.90. The van der Waals surface area contributed by atoms with Crippen LogP contribution < -0.4 is 5.32 Å². The minimum atomic E-state index is -0.557. The van der Waals surface area contributed by atoms with E-state index in [-0.39, 0.29) is 12.1 Å². The van der Waals surface area contributed by atoms with E-state index in [1.807, 2.05) is 14.0 Å². The van der Waals surface area contributed by atoms with Gasteiger partial charge in [0.05, 0.1) is 18.8 Å². The number of likely N-dealkylation sites (N-methyl/N-ethyl adjacent to an activating group) is 2. The van der Waals surface area contributed by atoms with Crippen molar-refractivity contribution in [2.75, 3.05) is 33.3 Å². The van der Waals surface area contributed by atoms with Crippen LogP contribution in [0.25, 0.3) is 0 Å². The fourth-order valence-electron chi connectivity index (χ4n) is 2.43. The van der Waals surface area contributed by atoms with Crippen LogP contribution in [-0.4, -0.2) is 44.3 Å². The highest BCUT2D eigenvalue weighted by atomic mass is 19.1. The number of halogens is 2. The first-order chi connectivity index (χ1) is 9.11. The van der Waals surface area contributed by atoms with Crippen LogP contribution in [-0.2, 0) is 4.74 Å². The fourth-order valence-corrected chi connectivity index (χ4v) is 2.43. The maximum absolute atomic E-state index is 13.9. The number of rotatable bonds is 4. The average molecular weight is 270 g/mol. The van der Waals surface area contributed by atoms with E-state index < -0.39 is 11.6 Å². The van der Waals surface area contributed by atoms with Gasteiger partial charge in [-0.05, 0) is 19.7 Å². The molecule has 1 aromatic carbocycles. The Morgan fingerprint density at radius 2 is 2.26 bits per heavy atom. The van der Waals surface area contributed by atoms with Crippen LogP contribution in [0.5, 0.6) is 0 Å². The zero-order chi connectivity index (χ0) is 13.8. The molecular formula is C14H20F2N2O. The van der Waals surface area contributed by atoms with Crippen LogP contribution in [0.15, 0.2) is 18.2 Å². The molecule has 1 aliphatic rings. The molecule has 1 aliphatic heterocycles. The Morgan fingerprint density at radius 3 is 2.89 bits per heavy atom. The molecule has 1 saturated heterocycles.